The van der Waals surface area contributed by atoms with E-state index in [2.05, 4.69) is 16.0 Å². The van der Waals surface area contributed by atoms with E-state index in [9.17, 15) is 4.79 Å². The predicted octanol–water partition coefficient (Wildman–Crippen LogP) is 2.24. The van der Waals surface area contributed by atoms with E-state index >= 15 is 0 Å². The molecule has 0 aliphatic carbocycles. The number of aromatic nitrogens is 2. The second-order valence-corrected chi connectivity index (χ2v) is 4.91. The Labute approximate surface area is 123 Å². The summed E-state index contributed by atoms with van der Waals surface area (Å²) < 4.78 is 10.5. The molecule has 0 bridgehead atoms. The lowest BCUT2D eigenvalue weighted by atomic mass is 10.0. The third-order valence-corrected chi connectivity index (χ3v) is 3.53. The number of ketones is 1. The first kappa shape index (κ1) is 13.5. The Balaban J connectivity index is 1.65. The highest BCUT2D eigenvalue weighted by Crippen LogP contribution is 2.26. The molecule has 1 aliphatic heterocycles. The van der Waals surface area contributed by atoms with Crippen molar-refractivity contribution in [3.8, 4) is 11.6 Å². The Kier molecular flexibility index (Phi) is 3.81. The van der Waals surface area contributed by atoms with Crippen LogP contribution in [0.5, 0.6) is 11.6 Å². The van der Waals surface area contributed by atoms with Gasteiger partial charge < -0.3 is 9.47 Å². The van der Waals surface area contributed by atoms with E-state index in [0.29, 0.717) is 24.4 Å². The van der Waals surface area contributed by atoms with Gasteiger partial charge in [0.2, 0.25) is 5.88 Å². The van der Waals surface area contributed by atoms with Crippen molar-refractivity contribution in [3.05, 3.63) is 47.4 Å². The van der Waals surface area contributed by atoms with Gasteiger partial charge in [-0.05, 0) is 23.6 Å². The monoisotopic (exact) mass is 284 g/mol. The number of aryl methyl sites for hydroxylation is 1. The third kappa shape index (κ3) is 3.02. The van der Waals surface area contributed by atoms with E-state index < -0.39 is 0 Å². The van der Waals surface area contributed by atoms with Crippen molar-refractivity contribution in [2.45, 2.75) is 19.3 Å². The summed E-state index contributed by atoms with van der Waals surface area (Å²) in [4.78, 5) is 20.0. The van der Waals surface area contributed by atoms with Gasteiger partial charge in [0.25, 0.3) is 0 Å². The molecule has 0 amide bonds. The Morgan fingerprint density at radius 1 is 1.33 bits per heavy atom. The topological polar surface area (TPSA) is 61.3 Å². The molecule has 2 heterocycles. The molecule has 0 radical (unpaired) electrons. The van der Waals surface area contributed by atoms with Crippen molar-refractivity contribution in [2.75, 3.05) is 13.7 Å². The molecule has 108 valence electrons. The molecule has 1 aliphatic rings. The Bertz CT molecular complexity index is 670. The fourth-order valence-corrected chi connectivity index (χ4v) is 2.38. The van der Waals surface area contributed by atoms with Crippen LogP contribution >= 0.6 is 0 Å². The molecule has 0 unspecified atom stereocenters. The average Bonchev–Trinajstić information content (AvgIpc) is 3.00. The molecule has 3 rings (SSSR count). The van der Waals surface area contributed by atoms with E-state index in [1.54, 1.807) is 6.07 Å². The number of rotatable bonds is 5. The van der Waals surface area contributed by atoms with Crippen LogP contribution < -0.4 is 9.47 Å². The van der Waals surface area contributed by atoms with Gasteiger partial charge in [0.15, 0.2) is 5.78 Å². The third-order valence-electron chi connectivity index (χ3n) is 3.53. The molecular weight excluding hydrogens is 268 g/mol. The van der Waals surface area contributed by atoms with E-state index in [-0.39, 0.29) is 5.78 Å². The number of hydrogen-bond acceptors (Lipinski definition) is 5. The summed E-state index contributed by atoms with van der Waals surface area (Å²) in [6, 6.07) is 7.68. The lowest BCUT2D eigenvalue weighted by Crippen LogP contribution is -2.05. The van der Waals surface area contributed by atoms with E-state index in [0.717, 1.165) is 24.3 Å². The summed E-state index contributed by atoms with van der Waals surface area (Å²) in [5.41, 5.74) is 2.77. The number of benzene rings is 1. The van der Waals surface area contributed by atoms with Gasteiger partial charge in [-0.15, -0.1) is 0 Å². The van der Waals surface area contributed by atoms with Crippen LogP contribution in [0, 0.1) is 0 Å². The normalized spacial score (nSPS) is 12.6. The molecule has 0 fully saturated rings. The maximum atomic E-state index is 12.1. The van der Waals surface area contributed by atoms with E-state index in [1.807, 2.05) is 12.1 Å². The van der Waals surface area contributed by atoms with Crippen LogP contribution in [0.15, 0.2) is 30.6 Å². The largest absolute Gasteiger partial charge is 0.493 e. The van der Waals surface area contributed by atoms with Crippen LogP contribution in [0.2, 0.25) is 0 Å². The van der Waals surface area contributed by atoms with Gasteiger partial charge in [0.05, 0.1) is 13.7 Å². The predicted molar refractivity (Wildman–Crippen MR) is 76.9 cm³/mol. The lowest BCUT2D eigenvalue weighted by molar-refractivity contribution is 0.0977. The number of carbonyl (C=O) groups is 1. The zero-order chi connectivity index (χ0) is 14.7. The Morgan fingerprint density at radius 2 is 2.24 bits per heavy atom. The summed E-state index contributed by atoms with van der Waals surface area (Å²) in [6.45, 7) is 0.748. The summed E-state index contributed by atoms with van der Waals surface area (Å²) in [7, 11) is 1.52. The second-order valence-electron chi connectivity index (χ2n) is 4.91. The van der Waals surface area contributed by atoms with Gasteiger partial charge in [-0.3, -0.25) is 4.79 Å². The molecule has 21 heavy (non-hydrogen) atoms. The summed E-state index contributed by atoms with van der Waals surface area (Å²) in [5.74, 6) is 1.36. The molecule has 1 aromatic heterocycles. The van der Waals surface area contributed by atoms with Crippen molar-refractivity contribution in [1.29, 1.82) is 0 Å². The summed E-state index contributed by atoms with van der Waals surface area (Å²) in [5, 5.41) is 0. The van der Waals surface area contributed by atoms with Crippen LogP contribution in [0.3, 0.4) is 0 Å². The number of nitrogens with zero attached hydrogens (tertiary/aromatic N) is 2. The molecule has 0 atom stereocenters. The van der Waals surface area contributed by atoms with Gasteiger partial charge in [0.1, 0.15) is 17.8 Å². The minimum absolute atomic E-state index is 0.00699. The molecule has 5 nitrogen and oxygen atoms in total. The maximum absolute atomic E-state index is 12.1. The first-order valence-corrected chi connectivity index (χ1v) is 6.90. The zero-order valence-corrected chi connectivity index (χ0v) is 11.8. The molecule has 2 aromatic rings. The van der Waals surface area contributed by atoms with Crippen molar-refractivity contribution in [3.63, 3.8) is 0 Å². The van der Waals surface area contributed by atoms with Crippen LogP contribution in [0.1, 0.15) is 28.0 Å². The summed E-state index contributed by atoms with van der Waals surface area (Å²) in [6.07, 6.45) is 3.40. The maximum Gasteiger partial charge on any atom is 0.216 e. The standard InChI is InChI=1S/C16H16N2O3/c1-20-16-9-13(17-10-18-16)14(19)4-2-11-3-5-15-12(8-11)6-7-21-15/h3,5,8-10H,2,4,6-7H2,1H3. The smallest absolute Gasteiger partial charge is 0.216 e. The first-order valence-electron chi connectivity index (χ1n) is 6.90. The first-order chi connectivity index (χ1) is 10.3. The van der Waals surface area contributed by atoms with Crippen molar-refractivity contribution in [2.24, 2.45) is 0 Å². The van der Waals surface area contributed by atoms with E-state index in [4.69, 9.17) is 9.47 Å². The Hall–Kier alpha value is -2.43. The number of Topliss-reactive ketones (excluding diaryl/α,β-unsaturated/α-hetero) is 1. The number of fused-ring (bicyclic) bond motifs is 1. The van der Waals surface area contributed by atoms with Crippen LogP contribution in [-0.2, 0) is 12.8 Å². The lowest BCUT2D eigenvalue weighted by Gasteiger charge is -2.04. The van der Waals surface area contributed by atoms with Gasteiger partial charge in [-0.1, -0.05) is 12.1 Å². The fourth-order valence-electron chi connectivity index (χ4n) is 2.38. The molecule has 0 N–H and O–H groups in total. The molecule has 0 saturated carbocycles. The second kappa shape index (κ2) is 5.91. The Morgan fingerprint density at radius 3 is 3.10 bits per heavy atom. The minimum atomic E-state index is -0.00699. The number of hydrogen-bond donors (Lipinski definition) is 0. The highest BCUT2D eigenvalue weighted by atomic mass is 16.5. The highest BCUT2D eigenvalue weighted by Gasteiger charge is 2.13. The van der Waals surface area contributed by atoms with Crippen LogP contribution in [0.4, 0.5) is 0 Å². The fraction of sp³-hybridized carbons (Fsp3) is 0.312. The zero-order valence-electron chi connectivity index (χ0n) is 11.8. The van der Waals surface area contributed by atoms with Crippen molar-refractivity contribution < 1.29 is 14.3 Å². The highest BCUT2D eigenvalue weighted by molar-refractivity contribution is 5.94. The van der Waals surface area contributed by atoms with Crippen molar-refractivity contribution >= 4 is 5.78 Å². The molecular formula is C16H16N2O3. The number of methoxy groups -OCH3 is 1. The molecule has 1 aromatic carbocycles. The molecule has 0 saturated heterocycles. The SMILES string of the molecule is COc1cc(C(=O)CCc2ccc3c(c2)CCO3)ncn1. The number of ether oxygens (including phenoxy) is 2. The summed E-state index contributed by atoms with van der Waals surface area (Å²) >= 11 is 0. The minimum Gasteiger partial charge on any atom is -0.493 e. The van der Waals surface area contributed by atoms with Crippen molar-refractivity contribution in [1.82, 2.24) is 9.97 Å². The quantitative estimate of drug-likeness (QED) is 0.788. The molecule has 5 heteroatoms. The van der Waals surface area contributed by atoms with Crippen LogP contribution in [-0.4, -0.2) is 29.5 Å². The van der Waals surface area contributed by atoms with Crippen LogP contribution in [0.25, 0.3) is 0 Å². The van der Waals surface area contributed by atoms with Gasteiger partial charge >= 0.3 is 0 Å². The molecule has 0 spiro atoms. The van der Waals surface area contributed by atoms with Gasteiger partial charge in [-0.2, -0.15) is 0 Å². The average molecular weight is 284 g/mol. The number of carbonyl (C=O) groups excluding carboxylic acids is 1. The van der Waals surface area contributed by atoms with Gasteiger partial charge in [0, 0.05) is 18.9 Å². The van der Waals surface area contributed by atoms with E-state index in [1.165, 1.54) is 19.0 Å². The van der Waals surface area contributed by atoms with Gasteiger partial charge in [-0.25, -0.2) is 9.97 Å².